The second-order valence-electron chi connectivity index (χ2n) is 6.41. The van der Waals surface area contributed by atoms with Gasteiger partial charge in [0, 0.05) is 13.1 Å². The molecule has 1 saturated carbocycles. The van der Waals surface area contributed by atoms with Crippen LogP contribution in [0.4, 0.5) is 0 Å². The Hall–Kier alpha value is -1.08. The molecule has 0 aromatic heterocycles. The molecule has 19 heavy (non-hydrogen) atoms. The van der Waals surface area contributed by atoms with Crippen molar-refractivity contribution in [3.05, 3.63) is 0 Å². The van der Waals surface area contributed by atoms with Crippen molar-refractivity contribution in [1.29, 1.82) is 5.26 Å². The van der Waals surface area contributed by atoms with Gasteiger partial charge >= 0.3 is 0 Å². The van der Waals surface area contributed by atoms with E-state index in [-0.39, 0.29) is 5.91 Å². The molecule has 1 aliphatic carbocycles. The molecule has 2 unspecified atom stereocenters. The van der Waals surface area contributed by atoms with Crippen LogP contribution in [0.15, 0.2) is 0 Å². The minimum Gasteiger partial charge on any atom is -0.340 e. The summed E-state index contributed by atoms with van der Waals surface area (Å²) in [7, 11) is 0. The summed E-state index contributed by atoms with van der Waals surface area (Å²) in [4.78, 5) is 14.5. The Balaban J connectivity index is 2.76. The van der Waals surface area contributed by atoms with Gasteiger partial charge in [-0.25, -0.2) is 0 Å². The summed E-state index contributed by atoms with van der Waals surface area (Å²) in [6.45, 7) is 7.52. The molecule has 0 spiro atoms. The predicted octanol–water partition coefficient (Wildman–Crippen LogP) is 2.29. The third-order valence-corrected chi connectivity index (χ3v) is 3.82. The molecule has 0 heterocycles. The molecule has 0 saturated heterocycles. The molecule has 4 heteroatoms. The lowest BCUT2D eigenvalue weighted by atomic mass is 9.76. The van der Waals surface area contributed by atoms with Crippen molar-refractivity contribution >= 4 is 5.91 Å². The fraction of sp³-hybridized carbons (Fsp3) is 0.867. The first-order valence-electron chi connectivity index (χ1n) is 7.34. The number of rotatable bonds is 5. The zero-order chi connectivity index (χ0) is 14.5. The predicted molar refractivity (Wildman–Crippen MR) is 76.2 cm³/mol. The van der Waals surface area contributed by atoms with Gasteiger partial charge in [0.1, 0.15) is 0 Å². The number of amides is 1. The van der Waals surface area contributed by atoms with Crippen molar-refractivity contribution in [2.45, 2.75) is 58.4 Å². The summed E-state index contributed by atoms with van der Waals surface area (Å²) in [6, 6.07) is 2.12. The molecule has 0 aromatic rings. The van der Waals surface area contributed by atoms with Crippen LogP contribution >= 0.6 is 0 Å². The molecule has 0 aromatic carbocycles. The average Bonchev–Trinajstić information content (AvgIpc) is 2.32. The number of nitriles is 1. The monoisotopic (exact) mass is 265 g/mol. The van der Waals surface area contributed by atoms with Gasteiger partial charge in [0.15, 0.2) is 0 Å². The number of nitrogens with zero attached hydrogens (tertiary/aromatic N) is 2. The Kier molecular flexibility index (Phi) is 5.81. The summed E-state index contributed by atoms with van der Waals surface area (Å²) >= 11 is 0. The van der Waals surface area contributed by atoms with E-state index in [1.807, 2.05) is 0 Å². The molecule has 0 radical (unpaired) electrons. The maximum atomic E-state index is 12.7. The first-order valence-corrected chi connectivity index (χ1v) is 7.34. The highest BCUT2D eigenvalue weighted by Crippen LogP contribution is 2.32. The smallest absolute Gasteiger partial charge is 0.242 e. The average molecular weight is 265 g/mol. The zero-order valence-corrected chi connectivity index (χ0v) is 12.5. The molecule has 1 aliphatic rings. The largest absolute Gasteiger partial charge is 0.340 e. The van der Waals surface area contributed by atoms with Gasteiger partial charge in [-0.15, -0.1) is 0 Å². The topological polar surface area (TPSA) is 70.1 Å². The number of carbonyl (C=O) groups excluding carboxylic acids is 1. The lowest BCUT2D eigenvalue weighted by molar-refractivity contribution is -0.139. The molecule has 108 valence electrons. The first kappa shape index (κ1) is 16.0. The molecule has 2 atom stereocenters. The third-order valence-electron chi connectivity index (χ3n) is 3.82. The van der Waals surface area contributed by atoms with Crippen LogP contribution in [-0.4, -0.2) is 29.4 Å². The van der Waals surface area contributed by atoms with E-state index in [2.05, 4.69) is 26.8 Å². The van der Waals surface area contributed by atoms with Crippen molar-refractivity contribution in [3.8, 4) is 6.07 Å². The van der Waals surface area contributed by atoms with Gasteiger partial charge in [-0.2, -0.15) is 5.26 Å². The Morgan fingerprint density at radius 2 is 2.26 bits per heavy atom. The normalized spacial score (nSPS) is 27.1. The third kappa shape index (κ3) is 4.50. The molecule has 0 aliphatic heterocycles. The fourth-order valence-corrected chi connectivity index (χ4v) is 3.00. The molecule has 0 bridgehead atoms. The maximum Gasteiger partial charge on any atom is 0.242 e. The molecule has 1 amide bonds. The molecular weight excluding hydrogens is 238 g/mol. The van der Waals surface area contributed by atoms with Crippen LogP contribution in [0, 0.1) is 23.2 Å². The van der Waals surface area contributed by atoms with Gasteiger partial charge in [0.2, 0.25) is 5.91 Å². The van der Waals surface area contributed by atoms with Crippen molar-refractivity contribution in [2.75, 3.05) is 13.1 Å². The minimum absolute atomic E-state index is 0.0444. The Morgan fingerprint density at radius 3 is 2.79 bits per heavy atom. The second kappa shape index (κ2) is 6.91. The lowest BCUT2D eigenvalue weighted by Gasteiger charge is -2.39. The highest BCUT2D eigenvalue weighted by atomic mass is 16.2. The summed E-state index contributed by atoms with van der Waals surface area (Å²) in [5.41, 5.74) is 5.66. The van der Waals surface area contributed by atoms with Gasteiger partial charge in [-0.05, 0) is 24.7 Å². The van der Waals surface area contributed by atoms with Crippen LogP contribution in [0.3, 0.4) is 0 Å². The van der Waals surface area contributed by atoms with Gasteiger partial charge in [-0.3, -0.25) is 4.79 Å². The van der Waals surface area contributed by atoms with E-state index in [0.29, 0.717) is 31.3 Å². The highest BCUT2D eigenvalue weighted by Gasteiger charge is 2.40. The van der Waals surface area contributed by atoms with Crippen LogP contribution in [-0.2, 0) is 4.79 Å². The van der Waals surface area contributed by atoms with Gasteiger partial charge in [0.05, 0.1) is 18.0 Å². The van der Waals surface area contributed by atoms with Gasteiger partial charge < -0.3 is 10.6 Å². The molecule has 1 fully saturated rings. The van der Waals surface area contributed by atoms with Crippen LogP contribution in [0.1, 0.15) is 52.9 Å². The van der Waals surface area contributed by atoms with E-state index in [1.165, 1.54) is 0 Å². The van der Waals surface area contributed by atoms with E-state index in [0.717, 1.165) is 25.7 Å². The van der Waals surface area contributed by atoms with Crippen LogP contribution in [0.25, 0.3) is 0 Å². The van der Waals surface area contributed by atoms with Crippen molar-refractivity contribution in [1.82, 2.24) is 4.90 Å². The van der Waals surface area contributed by atoms with Crippen LogP contribution < -0.4 is 5.73 Å². The van der Waals surface area contributed by atoms with Crippen LogP contribution in [0.2, 0.25) is 0 Å². The number of hydrogen-bond donors (Lipinski definition) is 1. The summed E-state index contributed by atoms with van der Waals surface area (Å²) in [5, 5.41) is 8.73. The van der Waals surface area contributed by atoms with Gasteiger partial charge in [-0.1, -0.05) is 33.6 Å². The van der Waals surface area contributed by atoms with Crippen LogP contribution in [0.5, 0.6) is 0 Å². The number of hydrogen-bond acceptors (Lipinski definition) is 3. The highest BCUT2D eigenvalue weighted by molar-refractivity contribution is 5.86. The fourth-order valence-electron chi connectivity index (χ4n) is 3.00. The number of nitrogens with two attached hydrogens (primary N) is 1. The lowest BCUT2D eigenvalue weighted by Crippen LogP contribution is -2.58. The van der Waals surface area contributed by atoms with Crippen molar-refractivity contribution in [3.63, 3.8) is 0 Å². The molecule has 2 N–H and O–H groups in total. The SMILES string of the molecule is CC(C)CN(CCC#N)C(=O)C1(N)CCCC(C)C1. The van der Waals surface area contributed by atoms with E-state index in [4.69, 9.17) is 11.0 Å². The van der Waals surface area contributed by atoms with Crippen molar-refractivity contribution in [2.24, 2.45) is 17.6 Å². The standard InChI is InChI=1S/C15H27N3O/c1-12(2)11-18(9-5-8-16)14(19)15(17)7-4-6-13(3)10-15/h12-13H,4-7,9-11,17H2,1-3H3. The second-order valence-corrected chi connectivity index (χ2v) is 6.41. The van der Waals surface area contributed by atoms with E-state index in [9.17, 15) is 4.79 Å². The summed E-state index contributed by atoms with van der Waals surface area (Å²) < 4.78 is 0. The molecule has 1 rings (SSSR count). The quantitative estimate of drug-likeness (QED) is 0.829. The summed E-state index contributed by atoms with van der Waals surface area (Å²) in [6.07, 6.45) is 4.11. The first-order chi connectivity index (χ1) is 8.89. The van der Waals surface area contributed by atoms with E-state index < -0.39 is 5.54 Å². The Bertz CT molecular complexity index is 348. The Morgan fingerprint density at radius 1 is 1.58 bits per heavy atom. The molecular formula is C15H27N3O. The van der Waals surface area contributed by atoms with Gasteiger partial charge in [0.25, 0.3) is 0 Å². The number of carbonyl (C=O) groups is 1. The minimum atomic E-state index is -0.706. The Labute approximate surface area is 116 Å². The molecule has 4 nitrogen and oxygen atoms in total. The van der Waals surface area contributed by atoms with Crippen molar-refractivity contribution < 1.29 is 4.79 Å². The van der Waals surface area contributed by atoms with E-state index >= 15 is 0 Å². The maximum absolute atomic E-state index is 12.7. The summed E-state index contributed by atoms with van der Waals surface area (Å²) in [5.74, 6) is 0.954. The van der Waals surface area contributed by atoms with E-state index in [1.54, 1.807) is 4.90 Å². The zero-order valence-electron chi connectivity index (χ0n) is 12.5.